The van der Waals surface area contributed by atoms with Crippen molar-refractivity contribution >= 4 is 17.3 Å². The van der Waals surface area contributed by atoms with Gasteiger partial charge in [0, 0.05) is 0 Å². The molecule has 1 unspecified atom stereocenters. The van der Waals surface area contributed by atoms with E-state index in [0.29, 0.717) is 17.4 Å². The number of carbonyl (C=O) groups excluding carboxylic acids is 1. The first-order valence-corrected chi connectivity index (χ1v) is 7.23. The van der Waals surface area contributed by atoms with Gasteiger partial charge in [-0.2, -0.15) is 0 Å². The van der Waals surface area contributed by atoms with Crippen LogP contribution in [0.15, 0.2) is 0 Å². The van der Waals surface area contributed by atoms with E-state index in [9.17, 15) is 4.79 Å². The number of esters is 1. The number of ether oxygens (including phenoxy) is 1. The molecule has 1 atom stereocenters. The van der Waals surface area contributed by atoms with Gasteiger partial charge in [0.2, 0.25) is 0 Å². The van der Waals surface area contributed by atoms with Crippen LogP contribution < -0.4 is 5.73 Å². The van der Waals surface area contributed by atoms with E-state index in [1.54, 1.807) is 6.92 Å². The number of thiazole rings is 1. The van der Waals surface area contributed by atoms with Gasteiger partial charge in [0.25, 0.3) is 0 Å². The monoisotopic (exact) mass is 270 g/mol. The Hall–Kier alpha value is -0.940. The molecule has 0 aliphatic carbocycles. The molecule has 0 saturated carbocycles. The van der Waals surface area contributed by atoms with Crippen LogP contribution in [0.2, 0.25) is 0 Å². The third kappa shape index (κ3) is 3.78. The molecule has 0 saturated heterocycles. The second kappa shape index (κ2) is 6.85. The lowest BCUT2D eigenvalue weighted by atomic mass is 10.1. The molecule has 102 valence electrons. The van der Waals surface area contributed by atoms with E-state index in [1.807, 2.05) is 6.92 Å². The van der Waals surface area contributed by atoms with Crippen LogP contribution >= 0.6 is 11.3 Å². The number of hydrogen-bond donors (Lipinski definition) is 1. The number of aromatic nitrogens is 1. The Bertz CT molecular complexity index is 402. The van der Waals surface area contributed by atoms with E-state index in [2.05, 4.69) is 18.8 Å². The van der Waals surface area contributed by atoms with Crippen molar-refractivity contribution in [2.45, 2.75) is 46.6 Å². The molecule has 1 heterocycles. The van der Waals surface area contributed by atoms with Gasteiger partial charge in [0.15, 0.2) is 0 Å². The molecule has 0 spiro atoms. The van der Waals surface area contributed by atoms with Crippen molar-refractivity contribution in [2.24, 2.45) is 11.7 Å². The number of nitrogens with zero attached hydrogens (tertiary/aromatic N) is 1. The summed E-state index contributed by atoms with van der Waals surface area (Å²) in [6, 6.07) is -0.0934. The van der Waals surface area contributed by atoms with Crippen LogP contribution in [0.5, 0.6) is 0 Å². The molecule has 0 bridgehead atoms. The van der Waals surface area contributed by atoms with Gasteiger partial charge in [-0.25, -0.2) is 9.78 Å². The summed E-state index contributed by atoms with van der Waals surface area (Å²) >= 11 is 1.37. The highest BCUT2D eigenvalue weighted by molar-refractivity contribution is 7.13. The Morgan fingerprint density at radius 2 is 2.11 bits per heavy atom. The Morgan fingerprint density at radius 3 is 2.61 bits per heavy atom. The largest absolute Gasteiger partial charge is 0.462 e. The van der Waals surface area contributed by atoms with E-state index in [-0.39, 0.29) is 12.0 Å². The highest BCUT2D eigenvalue weighted by Crippen LogP contribution is 2.26. The van der Waals surface area contributed by atoms with Gasteiger partial charge in [-0.15, -0.1) is 11.3 Å². The summed E-state index contributed by atoms with van der Waals surface area (Å²) in [4.78, 5) is 17.0. The molecule has 0 radical (unpaired) electrons. The summed E-state index contributed by atoms with van der Waals surface area (Å²) < 4.78 is 5.07. The second-order valence-electron chi connectivity index (χ2n) is 4.66. The van der Waals surface area contributed by atoms with Gasteiger partial charge in [0.1, 0.15) is 9.88 Å². The Labute approximate surface area is 113 Å². The van der Waals surface area contributed by atoms with Gasteiger partial charge in [-0.05, 0) is 25.7 Å². The second-order valence-corrected chi connectivity index (χ2v) is 5.69. The maximum Gasteiger partial charge on any atom is 0.350 e. The van der Waals surface area contributed by atoms with Gasteiger partial charge in [0.05, 0.1) is 18.3 Å². The molecule has 0 aliphatic heterocycles. The highest BCUT2D eigenvalue weighted by Gasteiger charge is 2.21. The lowest BCUT2D eigenvalue weighted by molar-refractivity contribution is 0.0530. The number of rotatable bonds is 6. The lowest BCUT2D eigenvalue weighted by Crippen LogP contribution is -2.08. The van der Waals surface area contributed by atoms with Crippen molar-refractivity contribution in [3.05, 3.63) is 15.6 Å². The van der Waals surface area contributed by atoms with Crippen molar-refractivity contribution in [3.8, 4) is 0 Å². The maximum absolute atomic E-state index is 11.9. The van der Waals surface area contributed by atoms with E-state index in [1.165, 1.54) is 11.3 Å². The summed E-state index contributed by atoms with van der Waals surface area (Å²) in [5.74, 6) is 0.172. The van der Waals surface area contributed by atoms with Crippen LogP contribution in [0.1, 0.15) is 60.5 Å². The molecule has 0 fully saturated rings. The van der Waals surface area contributed by atoms with E-state index in [0.717, 1.165) is 23.5 Å². The summed E-state index contributed by atoms with van der Waals surface area (Å²) in [7, 11) is 0. The fourth-order valence-corrected chi connectivity index (χ4v) is 2.66. The van der Waals surface area contributed by atoms with Crippen LogP contribution in [0.4, 0.5) is 0 Å². The van der Waals surface area contributed by atoms with Crippen molar-refractivity contribution in [3.63, 3.8) is 0 Å². The maximum atomic E-state index is 11.9. The topological polar surface area (TPSA) is 65.2 Å². The van der Waals surface area contributed by atoms with Crippen LogP contribution in [0.3, 0.4) is 0 Å². The van der Waals surface area contributed by atoms with Crippen molar-refractivity contribution < 1.29 is 9.53 Å². The minimum absolute atomic E-state index is 0.0934. The molecular weight excluding hydrogens is 248 g/mol. The first-order valence-electron chi connectivity index (χ1n) is 6.41. The molecular formula is C13H22N2O2S. The number of nitrogens with two attached hydrogens (primary N) is 1. The normalized spacial score (nSPS) is 12.8. The Balaban J connectivity index is 3.04. The van der Waals surface area contributed by atoms with Gasteiger partial charge in [-0.1, -0.05) is 20.8 Å². The zero-order valence-electron chi connectivity index (χ0n) is 11.5. The summed E-state index contributed by atoms with van der Waals surface area (Å²) in [6.07, 6.45) is 1.60. The van der Waals surface area contributed by atoms with Crippen LogP contribution in [0.25, 0.3) is 0 Å². The Morgan fingerprint density at radius 1 is 1.44 bits per heavy atom. The van der Waals surface area contributed by atoms with E-state index < -0.39 is 0 Å². The van der Waals surface area contributed by atoms with Crippen molar-refractivity contribution in [1.82, 2.24) is 4.98 Å². The average Bonchev–Trinajstić information content (AvgIpc) is 2.71. The zero-order chi connectivity index (χ0) is 13.7. The molecule has 2 N–H and O–H groups in total. The van der Waals surface area contributed by atoms with E-state index >= 15 is 0 Å². The number of carbonyl (C=O) groups is 1. The molecule has 1 aromatic heterocycles. The summed E-state index contributed by atoms with van der Waals surface area (Å²) in [5.41, 5.74) is 6.80. The van der Waals surface area contributed by atoms with Crippen LogP contribution in [-0.4, -0.2) is 17.6 Å². The molecule has 0 aromatic carbocycles. The number of hydrogen-bond acceptors (Lipinski definition) is 5. The fraction of sp³-hybridized carbons (Fsp3) is 0.692. The SMILES string of the molecule is CCOC(=O)c1sc(C(N)CC)nc1CC(C)C. The highest BCUT2D eigenvalue weighted by atomic mass is 32.1. The van der Waals surface area contributed by atoms with Crippen molar-refractivity contribution in [2.75, 3.05) is 6.61 Å². The third-order valence-electron chi connectivity index (χ3n) is 2.53. The van der Waals surface area contributed by atoms with Gasteiger partial charge in [-0.3, -0.25) is 0 Å². The average molecular weight is 270 g/mol. The smallest absolute Gasteiger partial charge is 0.350 e. The minimum Gasteiger partial charge on any atom is -0.462 e. The van der Waals surface area contributed by atoms with Gasteiger partial charge < -0.3 is 10.5 Å². The fourth-order valence-electron chi connectivity index (χ4n) is 1.58. The Kier molecular flexibility index (Phi) is 5.75. The zero-order valence-corrected chi connectivity index (χ0v) is 12.3. The van der Waals surface area contributed by atoms with E-state index in [4.69, 9.17) is 10.5 Å². The standard InChI is InChI=1S/C13H22N2O2S/c1-5-9(14)12-15-10(7-8(3)4)11(18-12)13(16)17-6-2/h8-9H,5-7,14H2,1-4H3. The first-order chi connectivity index (χ1) is 8.49. The third-order valence-corrected chi connectivity index (χ3v) is 3.74. The molecule has 5 heteroatoms. The van der Waals surface area contributed by atoms with Gasteiger partial charge >= 0.3 is 5.97 Å². The molecule has 1 aromatic rings. The summed E-state index contributed by atoms with van der Waals surface area (Å²) in [6.45, 7) is 8.41. The molecule has 18 heavy (non-hydrogen) atoms. The van der Waals surface area contributed by atoms with Crippen LogP contribution in [0, 0.1) is 5.92 Å². The quantitative estimate of drug-likeness (QED) is 0.807. The van der Waals surface area contributed by atoms with Crippen molar-refractivity contribution in [1.29, 1.82) is 0 Å². The molecule has 1 rings (SSSR count). The molecule has 0 aliphatic rings. The lowest BCUT2D eigenvalue weighted by Gasteiger charge is -2.04. The predicted molar refractivity (Wildman–Crippen MR) is 73.8 cm³/mol. The molecule has 4 nitrogen and oxygen atoms in total. The first kappa shape index (κ1) is 15.1. The van der Waals surface area contributed by atoms with Crippen LogP contribution in [-0.2, 0) is 11.2 Å². The predicted octanol–water partition coefficient (Wildman–Crippen LogP) is 2.93. The molecule has 0 amide bonds. The minimum atomic E-state index is -0.278. The summed E-state index contributed by atoms with van der Waals surface area (Å²) in [5, 5.41) is 0.830.